The lowest BCUT2D eigenvalue weighted by molar-refractivity contribution is -0.121. The SMILES string of the molecule is COc1ccc(N(C(C)C(=O)N/N=C/c2cc(C)n(-c3ccccc3F)c2C)S(C)(=O)=O)cc1. The Balaban J connectivity index is 1.79. The molecule has 10 heteroatoms. The van der Waals surface area contributed by atoms with E-state index in [1.54, 1.807) is 47.0 Å². The number of aromatic nitrogens is 1. The third kappa shape index (κ3) is 5.28. The minimum absolute atomic E-state index is 0.323. The van der Waals surface area contributed by atoms with Crippen LogP contribution < -0.4 is 14.5 Å². The van der Waals surface area contributed by atoms with Gasteiger partial charge in [-0.2, -0.15) is 5.10 Å². The number of halogens is 1. The summed E-state index contributed by atoms with van der Waals surface area (Å²) in [5, 5.41) is 4.01. The fourth-order valence-corrected chi connectivity index (χ4v) is 4.89. The highest BCUT2D eigenvalue weighted by molar-refractivity contribution is 7.92. The summed E-state index contributed by atoms with van der Waals surface area (Å²) >= 11 is 0. The maximum atomic E-state index is 14.3. The highest BCUT2D eigenvalue weighted by Gasteiger charge is 2.29. The highest BCUT2D eigenvalue weighted by Crippen LogP contribution is 2.24. The van der Waals surface area contributed by atoms with Crippen molar-refractivity contribution in [1.82, 2.24) is 9.99 Å². The molecule has 0 bridgehead atoms. The molecule has 0 radical (unpaired) electrons. The Morgan fingerprint density at radius 1 is 1.18 bits per heavy atom. The van der Waals surface area contributed by atoms with Crippen LogP contribution >= 0.6 is 0 Å². The second kappa shape index (κ2) is 10.1. The molecule has 0 saturated carbocycles. The van der Waals surface area contributed by atoms with Crippen LogP contribution in [0.5, 0.6) is 5.75 Å². The van der Waals surface area contributed by atoms with Gasteiger partial charge >= 0.3 is 0 Å². The fraction of sp³-hybridized carbons (Fsp3) is 0.250. The van der Waals surface area contributed by atoms with Gasteiger partial charge in [-0.05, 0) is 63.2 Å². The van der Waals surface area contributed by atoms with E-state index in [-0.39, 0.29) is 5.82 Å². The number of benzene rings is 2. The molecule has 0 aliphatic heterocycles. The molecule has 1 unspecified atom stereocenters. The average Bonchev–Trinajstić information content (AvgIpc) is 3.06. The number of sulfonamides is 1. The Labute approximate surface area is 198 Å². The van der Waals surface area contributed by atoms with E-state index >= 15 is 0 Å². The zero-order chi connectivity index (χ0) is 25.0. The predicted molar refractivity (Wildman–Crippen MR) is 131 cm³/mol. The fourth-order valence-electron chi connectivity index (χ4n) is 3.72. The molecule has 0 spiro atoms. The Kier molecular flexibility index (Phi) is 7.41. The molecule has 1 aromatic heterocycles. The Morgan fingerprint density at radius 2 is 1.82 bits per heavy atom. The summed E-state index contributed by atoms with van der Waals surface area (Å²) in [6.45, 7) is 5.14. The Hall–Kier alpha value is -3.66. The van der Waals surface area contributed by atoms with Crippen molar-refractivity contribution in [2.75, 3.05) is 17.7 Å². The summed E-state index contributed by atoms with van der Waals surface area (Å²) in [6, 6.07) is 13.5. The number of methoxy groups -OCH3 is 1. The van der Waals surface area contributed by atoms with E-state index in [1.807, 2.05) is 19.9 Å². The number of anilines is 1. The number of amides is 1. The highest BCUT2D eigenvalue weighted by atomic mass is 32.2. The first kappa shape index (κ1) is 25.0. The lowest BCUT2D eigenvalue weighted by atomic mass is 10.2. The van der Waals surface area contributed by atoms with Crippen molar-refractivity contribution in [2.45, 2.75) is 26.8 Å². The van der Waals surface area contributed by atoms with Gasteiger partial charge in [0.05, 0.1) is 31.0 Å². The lowest BCUT2D eigenvalue weighted by Crippen LogP contribution is -2.46. The number of rotatable bonds is 8. The molecule has 3 rings (SSSR count). The van der Waals surface area contributed by atoms with Crippen LogP contribution in [0.25, 0.3) is 5.69 Å². The molecule has 3 aromatic rings. The number of aryl methyl sites for hydroxylation is 1. The summed E-state index contributed by atoms with van der Waals surface area (Å²) in [4.78, 5) is 12.7. The molecular weight excluding hydrogens is 459 g/mol. The molecule has 1 N–H and O–H groups in total. The smallest absolute Gasteiger partial charge is 0.263 e. The van der Waals surface area contributed by atoms with Crippen LogP contribution in [0.15, 0.2) is 59.7 Å². The van der Waals surface area contributed by atoms with Gasteiger partial charge in [0.2, 0.25) is 10.0 Å². The van der Waals surface area contributed by atoms with E-state index in [0.717, 1.165) is 21.9 Å². The van der Waals surface area contributed by atoms with Crippen molar-refractivity contribution in [3.63, 3.8) is 0 Å². The summed E-state index contributed by atoms with van der Waals surface area (Å²) in [7, 11) is -2.26. The van der Waals surface area contributed by atoms with E-state index < -0.39 is 22.0 Å². The van der Waals surface area contributed by atoms with Crippen LogP contribution in [-0.2, 0) is 14.8 Å². The van der Waals surface area contributed by atoms with Gasteiger partial charge in [-0.25, -0.2) is 18.2 Å². The van der Waals surface area contributed by atoms with Gasteiger partial charge in [0.25, 0.3) is 5.91 Å². The van der Waals surface area contributed by atoms with E-state index in [1.165, 1.54) is 26.3 Å². The first-order chi connectivity index (χ1) is 16.0. The van der Waals surface area contributed by atoms with Crippen molar-refractivity contribution in [2.24, 2.45) is 5.10 Å². The first-order valence-electron chi connectivity index (χ1n) is 10.4. The molecule has 180 valence electrons. The van der Waals surface area contributed by atoms with Crippen LogP contribution in [0.2, 0.25) is 0 Å². The molecule has 1 atom stereocenters. The summed E-state index contributed by atoms with van der Waals surface area (Å²) < 4.78 is 47.0. The standard InChI is InChI=1S/C24H27FN4O4S/c1-16-14-19(17(2)28(16)23-9-7-6-8-22(23)25)15-26-27-24(30)18(3)29(34(5,31)32)20-10-12-21(33-4)13-11-20/h6-15,18H,1-5H3,(H,27,30)/b26-15+. The van der Waals surface area contributed by atoms with Crippen molar-refractivity contribution in [1.29, 1.82) is 0 Å². The third-order valence-corrected chi connectivity index (χ3v) is 6.60. The number of nitrogens with zero attached hydrogens (tertiary/aromatic N) is 3. The topological polar surface area (TPSA) is 93.0 Å². The van der Waals surface area contributed by atoms with Crippen LogP contribution in [0, 0.1) is 19.7 Å². The van der Waals surface area contributed by atoms with Gasteiger partial charge < -0.3 is 9.30 Å². The van der Waals surface area contributed by atoms with E-state index in [2.05, 4.69) is 10.5 Å². The third-order valence-electron chi connectivity index (χ3n) is 5.36. The average molecular weight is 487 g/mol. The van der Waals surface area contributed by atoms with Crippen molar-refractivity contribution < 1.29 is 22.3 Å². The molecule has 0 fully saturated rings. The zero-order valence-corrected chi connectivity index (χ0v) is 20.4. The van der Waals surface area contributed by atoms with Crippen LogP contribution in [-0.4, -0.2) is 44.5 Å². The van der Waals surface area contributed by atoms with Crippen LogP contribution in [0.1, 0.15) is 23.9 Å². The summed E-state index contributed by atoms with van der Waals surface area (Å²) in [5.41, 5.74) is 5.36. The number of ether oxygens (including phenoxy) is 1. The Bertz CT molecular complexity index is 1320. The minimum Gasteiger partial charge on any atom is -0.497 e. The van der Waals surface area contributed by atoms with E-state index in [0.29, 0.717) is 22.7 Å². The molecule has 0 aliphatic carbocycles. The number of hydrazone groups is 1. The monoisotopic (exact) mass is 486 g/mol. The van der Waals surface area contributed by atoms with E-state index in [9.17, 15) is 17.6 Å². The zero-order valence-electron chi connectivity index (χ0n) is 19.6. The molecule has 34 heavy (non-hydrogen) atoms. The number of hydrogen-bond acceptors (Lipinski definition) is 5. The molecular formula is C24H27FN4O4S. The molecule has 2 aromatic carbocycles. The lowest BCUT2D eigenvalue weighted by Gasteiger charge is -2.27. The second-order valence-corrected chi connectivity index (χ2v) is 9.64. The van der Waals surface area contributed by atoms with Gasteiger partial charge in [-0.15, -0.1) is 0 Å². The van der Waals surface area contributed by atoms with Crippen molar-refractivity contribution in [3.05, 3.63) is 77.4 Å². The molecule has 1 amide bonds. The number of hydrogen-bond donors (Lipinski definition) is 1. The molecule has 8 nitrogen and oxygen atoms in total. The predicted octanol–water partition coefficient (Wildman–Crippen LogP) is 3.55. The van der Waals surface area contributed by atoms with Crippen molar-refractivity contribution >= 4 is 27.8 Å². The number of nitrogens with one attached hydrogen (secondary N) is 1. The van der Waals surface area contributed by atoms with Gasteiger partial charge in [-0.1, -0.05) is 12.1 Å². The first-order valence-corrected chi connectivity index (χ1v) is 12.3. The maximum Gasteiger partial charge on any atom is 0.263 e. The van der Waals surface area contributed by atoms with E-state index in [4.69, 9.17) is 4.74 Å². The van der Waals surface area contributed by atoms with Crippen LogP contribution in [0.4, 0.5) is 10.1 Å². The Morgan fingerprint density at radius 3 is 2.41 bits per heavy atom. The second-order valence-electron chi connectivity index (χ2n) is 7.78. The summed E-state index contributed by atoms with van der Waals surface area (Å²) in [5.74, 6) is -0.401. The molecule has 1 heterocycles. The quantitative estimate of drug-likeness (QED) is 0.389. The number of carbonyl (C=O) groups is 1. The number of carbonyl (C=O) groups excluding carboxylic acids is 1. The van der Waals surface area contributed by atoms with Gasteiger partial charge in [0, 0.05) is 17.0 Å². The minimum atomic E-state index is -3.76. The summed E-state index contributed by atoms with van der Waals surface area (Å²) in [6.07, 6.45) is 2.48. The van der Waals surface area contributed by atoms with Gasteiger partial charge in [0.15, 0.2) is 0 Å². The largest absolute Gasteiger partial charge is 0.497 e. The normalized spacial score (nSPS) is 12.5. The van der Waals surface area contributed by atoms with Gasteiger partial charge in [-0.3, -0.25) is 9.10 Å². The maximum absolute atomic E-state index is 14.3. The molecule has 0 aliphatic rings. The van der Waals surface area contributed by atoms with Gasteiger partial charge in [0.1, 0.15) is 17.6 Å². The number of para-hydroxylation sites is 1. The van der Waals surface area contributed by atoms with Crippen molar-refractivity contribution in [3.8, 4) is 11.4 Å². The van der Waals surface area contributed by atoms with Crippen LogP contribution in [0.3, 0.4) is 0 Å². The molecule has 0 saturated heterocycles.